The van der Waals surface area contributed by atoms with Gasteiger partial charge in [0.15, 0.2) is 0 Å². The van der Waals surface area contributed by atoms with Gasteiger partial charge in [-0.15, -0.1) is 0 Å². The Bertz CT molecular complexity index is 374. The van der Waals surface area contributed by atoms with E-state index in [1.54, 1.807) is 12.1 Å². The van der Waals surface area contributed by atoms with Crippen LogP contribution in [0, 0.1) is 17.2 Å². The molecular formula is C12H13NO. The van der Waals surface area contributed by atoms with Crippen molar-refractivity contribution in [1.82, 2.24) is 0 Å². The van der Waals surface area contributed by atoms with Crippen molar-refractivity contribution in [2.45, 2.75) is 20.3 Å². The molecule has 2 heteroatoms. The van der Waals surface area contributed by atoms with E-state index in [2.05, 4.69) is 6.07 Å². The van der Waals surface area contributed by atoms with Gasteiger partial charge in [0, 0.05) is 12.3 Å². The zero-order valence-electron chi connectivity index (χ0n) is 8.45. The van der Waals surface area contributed by atoms with Crippen molar-refractivity contribution in [3.8, 4) is 6.07 Å². The fraction of sp³-hybridized carbons (Fsp3) is 0.333. The molecule has 2 nitrogen and oxygen atoms in total. The fourth-order valence-corrected chi connectivity index (χ4v) is 1.16. The Labute approximate surface area is 84.2 Å². The van der Waals surface area contributed by atoms with Gasteiger partial charge in [-0.2, -0.15) is 5.26 Å². The first-order chi connectivity index (χ1) is 6.63. The highest BCUT2D eigenvalue weighted by Gasteiger charge is 2.08. The van der Waals surface area contributed by atoms with Crippen LogP contribution >= 0.6 is 0 Å². The van der Waals surface area contributed by atoms with Crippen molar-refractivity contribution in [2.75, 3.05) is 0 Å². The van der Waals surface area contributed by atoms with Gasteiger partial charge < -0.3 is 0 Å². The van der Waals surface area contributed by atoms with Crippen LogP contribution in [0.4, 0.5) is 0 Å². The monoisotopic (exact) mass is 187 g/mol. The minimum Gasteiger partial charge on any atom is -0.299 e. The Kier molecular flexibility index (Phi) is 3.41. The zero-order valence-corrected chi connectivity index (χ0v) is 8.45. The summed E-state index contributed by atoms with van der Waals surface area (Å²) in [5.41, 5.74) is 1.53. The lowest BCUT2D eigenvalue weighted by atomic mass is 10.00. The van der Waals surface area contributed by atoms with Crippen LogP contribution < -0.4 is 0 Å². The number of carbonyl (C=O) groups is 1. The standard InChI is InChI=1S/C12H13NO/c1-9(2)12(14)7-10-4-3-5-11(6-10)8-13/h3-6,9H,7H2,1-2H3. The molecule has 0 amide bonds. The molecule has 0 saturated carbocycles. The third-order valence-electron chi connectivity index (χ3n) is 2.08. The molecule has 0 spiro atoms. The van der Waals surface area contributed by atoms with E-state index < -0.39 is 0 Å². The number of nitriles is 1. The molecule has 0 heterocycles. The summed E-state index contributed by atoms with van der Waals surface area (Å²) >= 11 is 0. The number of ketones is 1. The smallest absolute Gasteiger partial charge is 0.139 e. The van der Waals surface area contributed by atoms with E-state index in [-0.39, 0.29) is 11.7 Å². The topological polar surface area (TPSA) is 40.9 Å². The van der Waals surface area contributed by atoms with Crippen LogP contribution in [-0.2, 0) is 11.2 Å². The molecule has 0 aromatic heterocycles. The summed E-state index contributed by atoms with van der Waals surface area (Å²) in [6.45, 7) is 3.77. The quantitative estimate of drug-likeness (QED) is 0.728. The van der Waals surface area contributed by atoms with E-state index in [0.29, 0.717) is 12.0 Å². The van der Waals surface area contributed by atoms with E-state index in [0.717, 1.165) is 5.56 Å². The molecule has 0 aliphatic rings. The van der Waals surface area contributed by atoms with Gasteiger partial charge in [0.1, 0.15) is 5.78 Å². The molecular weight excluding hydrogens is 174 g/mol. The lowest BCUT2D eigenvalue weighted by Gasteiger charge is -2.03. The Morgan fingerprint density at radius 3 is 2.79 bits per heavy atom. The van der Waals surface area contributed by atoms with Crippen LogP contribution in [0.25, 0.3) is 0 Å². The van der Waals surface area contributed by atoms with Gasteiger partial charge in [-0.3, -0.25) is 4.79 Å². The highest BCUT2D eigenvalue weighted by molar-refractivity contribution is 5.82. The molecule has 0 aliphatic heterocycles. The molecule has 0 bridgehead atoms. The Morgan fingerprint density at radius 2 is 2.21 bits per heavy atom. The van der Waals surface area contributed by atoms with Crippen LogP contribution in [0.1, 0.15) is 25.0 Å². The van der Waals surface area contributed by atoms with E-state index in [1.165, 1.54) is 0 Å². The van der Waals surface area contributed by atoms with Crippen molar-refractivity contribution >= 4 is 5.78 Å². The lowest BCUT2D eigenvalue weighted by Crippen LogP contribution is -2.10. The summed E-state index contributed by atoms with van der Waals surface area (Å²) in [5, 5.41) is 8.67. The highest BCUT2D eigenvalue weighted by Crippen LogP contribution is 2.08. The minimum absolute atomic E-state index is 0.0562. The van der Waals surface area contributed by atoms with E-state index >= 15 is 0 Å². The number of hydrogen-bond donors (Lipinski definition) is 0. The first-order valence-corrected chi connectivity index (χ1v) is 4.65. The molecule has 0 N–H and O–H groups in total. The molecule has 0 radical (unpaired) electrons. The number of nitrogens with zero attached hydrogens (tertiary/aromatic N) is 1. The second-order valence-corrected chi connectivity index (χ2v) is 3.61. The van der Waals surface area contributed by atoms with E-state index in [4.69, 9.17) is 5.26 Å². The molecule has 1 aromatic carbocycles. The van der Waals surface area contributed by atoms with Crippen LogP contribution in [0.3, 0.4) is 0 Å². The molecule has 0 fully saturated rings. The maximum atomic E-state index is 11.4. The first kappa shape index (κ1) is 10.5. The van der Waals surface area contributed by atoms with Crippen LogP contribution in [0.2, 0.25) is 0 Å². The largest absolute Gasteiger partial charge is 0.299 e. The average molecular weight is 187 g/mol. The van der Waals surface area contributed by atoms with Gasteiger partial charge >= 0.3 is 0 Å². The van der Waals surface area contributed by atoms with Gasteiger partial charge in [0.25, 0.3) is 0 Å². The van der Waals surface area contributed by atoms with Crippen molar-refractivity contribution in [2.24, 2.45) is 5.92 Å². The van der Waals surface area contributed by atoms with Crippen LogP contribution in [-0.4, -0.2) is 5.78 Å². The second kappa shape index (κ2) is 4.57. The molecule has 0 aliphatic carbocycles. The molecule has 0 saturated heterocycles. The molecule has 0 unspecified atom stereocenters. The third-order valence-corrected chi connectivity index (χ3v) is 2.08. The Morgan fingerprint density at radius 1 is 1.50 bits per heavy atom. The summed E-state index contributed by atoms with van der Waals surface area (Å²) in [6, 6.07) is 9.25. The summed E-state index contributed by atoms with van der Waals surface area (Å²) < 4.78 is 0. The third kappa shape index (κ3) is 2.70. The second-order valence-electron chi connectivity index (χ2n) is 3.61. The number of hydrogen-bond acceptors (Lipinski definition) is 2. The molecule has 0 atom stereocenters. The first-order valence-electron chi connectivity index (χ1n) is 4.65. The summed E-state index contributed by atoms with van der Waals surface area (Å²) in [4.78, 5) is 11.4. The highest BCUT2D eigenvalue weighted by atomic mass is 16.1. The predicted octanol–water partition coefficient (Wildman–Crippen LogP) is 2.33. The average Bonchev–Trinajstić information content (AvgIpc) is 2.18. The SMILES string of the molecule is CC(C)C(=O)Cc1cccc(C#N)c1. The lowest BCUT2D eigenvalue weighted by molar-refractivity contribution is -0.121. The zero-order chi connectivity index (χ0) is 10.6. The Hall–Kier alpha value is -1.62. The van der Waals surface area contributed by atoms with Gasteiger partial charge in [-0.1, -0.05) is 26.0 Å². The normalized spacial score (nSPS) is 9.86. The van der Waals surface area contributed by atoms with E-state index in [9.17, 15) is 4.79 Å². The van der Waals surface area contributed by atoms with Crippen molar-refractivity contribution in [3.63, 3.8) is 0 Å². The van der Waals surface area contributed by atoms with E-state index in [1.807, 2.05) is 26.0 Å². The number of carbonyl (C=O) groups excluding carboxylic acids is 1. The predicted molar refractivity (Wildman–Crippen MR) is 54.7 cm³/mol. The molecule has 72 valence electrons. The molecule has 14 heavy (non-hydrogen) atoms. The van der Waals surface area contributed by atoms with Crippen molar-refractivity contribution in [3.05, 3.63) is 35.4 Å². The molecule has 1 rings (SSSR count). The number of rotatable bonds is 3. The fourth-order valence-electron chi connectivity index (χ4n) is 1.16. The van der Waals surface area contributed by atoms with Crippen LogP contribution in [0.15, 0.2) is 24.3 Å². The minimum atomic E-state index is 0.0562. The van der Waals surface area contributed by atoms with Crippen molar-refractivity contribution < 1.29 is 4.79 Å². The van der Waals surface area contributed by atoms with Gasteiger partial charge in [-0.05, 0) is 17.7 Å². The van der Waals surface area contributed by atoms with Crippen molar-refractivity contribution in [1.29, 1.82) is 5.26 Å². The summed E-state index contributed by atoms with van der Waals surface area (Å²) in [5.74, 6) is 0.265. The summed E-state index contributed by atoms with van der Waals surface area (Å²) in [7, 11) is 0. The maximum absolute atomic E-state index is 11.4. The maximum Gasteiger partial charge on any atom is 0.139 e. The summed E-state index contributed by atoms with van der Waals surface area (Å²) in [6.07, 6.45) is 0.424. The number of benzene rings is 1. The van der Waals surface area contributed by atoms with Gasteiger partial charge in [0.05, 0.1) is 11.6 Å². The Balaban J connectivity index is 2.78. The van der Waals surface area contributed by atoms with Gasteiger partial charge in [-0.25, -0.2) is 0 Å². The van der Waals surface area contributed by atoms with Gasteiger partial charge in [0.2, 0.25) is 0 Å². The van der Waals surface area contributed by atoms with Crippen LogP contribution in [0.5, 0.6) is 0 Å². The number of Topliss-reactive ketones (excluding diaryl/α,β-unsaturated/α-hetero) is 1. The molecule has 1 aromatic rings.